The molecule has 8 heteroatoms. The molecule has 1 aliphatic heterocycles. The zero-order valence-electron chi connectivity index (χ0n) is 13.2. The Kier molecular flexibility index (Phi) is 5.70. The summed E-state index contributed by atoms with van der Waals surface area (Å²) in [4.78, 5) is 17.3. The molecule has 1 fully saturated rings. The van der Waals surface area contributed by atoms with Crippen LogP contribution in [0.5, 0.6) is 0 Å². The Bertz CT molecular complexity index is 812. The van der Waals surface area contributed by atoms with Crippen LogP contribution in [0.25, 0.3) is 0 Å². The molecule has 1 saturated heterocycles. The maximum atomic E-state index is 12.1. The first-order valence-corrected chi connectivity index (χ1v) is 8.96. The Morgan fingerprint density at radius 3 is 2.60 bits per heavy atom. The molecule has 0 unspecified atom stereocenters. The maximum absolute atomic E-state index is 12.1. The molecule has 2 aromatic rings. The van der Waals surface area contributed by atoms with Crippen molar-refractivity contribution in [1.82, 2.24) is 10.4 Å². The molecule has 0 amide bonds. The van der Waals surface area contributed by atoms with Gasteiger partial charge in [-0.3, -0.25) is 5.01 Å². The summed E-state index contributed by atoms with van der Waals surface area (Å²) in [6.45, 7) is 0. The minimum Gasteiger partial charge on any atom is -0.312 e. The molecule has 0 aliphatic carbocycles. The quantitative estimate of drug-likeness (QED) is 0.484. The minimum atomic E-state index is -0.554. The van der Waals surface area contributed by atoms with Gasteiger partial charge in [0.1, 0.15) is 11.1 Å². The minimum absolute atomic E-state index is 0.249. The molecule has 2 aromatic carbocycles. The third-order valence-corrected chi connectivity index (χ3v) is 5.21. The highest BCUT2D eigenvalue weighted by Crippen LogP contribution is 2.28. The van der Waals surface area contributed by atoms with Crippen molar-refractivity contribution in [1.29, 1.82) is 0 Å². The number of benzene rings is 2. The van der Waals surface area contributed by atoms with Crippen LogP contribution in [0.15, 0.2) is 59.8 Å². The van der Waals surface area contributed by atoms with Gasteiger partial charge in [-0.15, -0.1) is 0 Å². The molecule has 0 bridgehead atoms. The number of hydrogen-bond donors (Lipinski definition) is 1. The first kappa shape index (κ1) is 17.9. The highest BCUT2D eigenvalue weighted by atomic mass is 35.5. The van der Waals surface area contributed by atoms with Crippen LogP contribution < -0.4 is 5.43 Å². The first-order chi connectivity index (χ1) is 12.0. The van der Waals surface area contributed by atoms with E-state index in [-0.39, 0.29) is 6.04 Å². The monoisotopic (exact) mass is 391 g/mol. The number of hydrogen-bond acceptors (Lipinski definition) is 6. The zero-order chi connectivity index (χ0) is 17.8. The predicted molar refractivity (Wildman–Crippen MR) is 105 cm³/mol. The first-order valence-electron chi connectivity index (χ1n) is 7.36. The van der Waals surface area contributed by atoms with Gasteiger partial charge in [0.25, 0.3) is 0 Å². The Balaban J connectivity index is 1.81. The second-order valence-corrected chi connectivity index (χ2v) is 7.31. The number of carbonyl (C=O) groups is 1. The lowest BCUT2D eigenvalue weighted by atomic mass is 10.1. The largest absolute Gasteiger partial charge is 0.365 e. The van der Waals surface area contributed by atoms with Gasteiger partial charge in [0, 0.05) is 12.1 Å². The lowest BCUT2D eigenvalue weighted by molar-refractivity contribution is 0.0515. The van der Waals surface area contributed by atoms with Crippen LogP contribution in [0, 0.1) is 0 Å². The van der Waals surface area contributed by atoms with E-state index in [0.717, 1.165) is 5.56 Å². The highest BCUT2D eigenvalue weighted by Gasteiger charge is 2.29. The zero-order valence-corrected chi connectivity index (χ0v) is 15.6. The molecule has 5 nitrogen and oxygen atoms in total. The normalized spacial score (nSPS) is 19.1. The van der Waals surface area contributed by atoms with Crippen LogP contribution >= 0.6 is 35.6 Å². The van der Waals surface area contributed by atoms with Gasteiger partial charge in [-0.05, 0) is 41.6 Å². The summed E-state index contributed by atoms with van der Waals surface area (Å²) in [5.74, 6) is -0.554. The Morgan fingerprint density at radius 2 is 1.92 bits per heavy atom. The summed E-state index contributed by atoms with van der Waals surface area (Å²) >= 11 is 12.4. The lowest BCUT2D eigenvalue weighted by Crippen LogP contribution is -2.47. The number of oxime groups is 1. The number of thioether (sulfide) groups is 1. The maximum Gasteiger partial charge on any atom is 0.365 e. The number of halogens is 1. The van der Waals surface area contributed by atoms with Crippen LogP contribution in [-0.2, 0) is 4.84 Å². The van der Waals surface area contributed by atoms with Gasteiger partial charge in [-0.1, -0.05) is 59.3 Å². The Hall–Kier alpha value is -1.93. The molecule has 0 radical (unpaired) electrons. The van der Waals surface area contributed by atoms with E-state index in [2.05, 4.69) is 10.6 Å². The average Bonchev–Trinajstić information content (AvgIpc) is 2.63. The SMILES string of the molecule is CN1N[C@@H](c2ccccc2)/C(=N/OC(=O)c2ccc(Cl)cc2)SC1=S. The highest BCUT2D eigenvalue weighted by molar-refractivity contribution is 8.33. The van der Waals surface area contributed by atoms with Crippen molar-refractivity contribution in [2.75, 3.05) is 7.05 Å². The summed E-state index contributed by atoms with van der Waals surface area (Å²) in [5, 5.41) is 6.91. The van der Waals surface area contributed by atoms with Crippen molar-refractivity contribution in [2.45, 2.75) is 6.04 Å². The number of carbonyl (C=O) groups excluding carboxylic acids is 1. The van der Waals surface area contributed by atoms with Crippen molar-refractivity contribution in [3.05, 3.63) is 70.7 Å². The second kappa shape index (κ2) is 7.97. The molecule has 1 aliphatic rings. The van der Waals surface area contributed by atoms with Gasteiger partial charge < -0.3 is 4.84 Å². The van der Waals surface area contributed by atoms with Gasteiger partial charge in [-0.25, -0.2) is 10.2 Å². The van der Waals surface area contributed by atoms with Crippen LogP contribution in [0.1, 0.15) is 22.0 Å². The summed E-state index contributed by atoms with van der Waals surface area (Å²) in [7, 11) is 1.84. The molecule has 0 spiro atoms. The van der Waals surface area contributed by atoms with Crippen molar-refractivity contribution < 1.29 is 9.63 Å². The summed E-state index contributed by atoms with van der Waals surface area (Å²) in [6.07, 6.45) is 0. The fraction of sp³-hybridized carbons (Fsp3) is 0.118. The van der Waals surface area contributed by atoms with Gasteiger partial charge in [0.2, 0.25) is 0 Å². The average molecular weight is 392 g/mol. The van der Waals surface area contributed by atoms with E-state index < -0.39 is 5.97 Å². The number of thiocarbonyl (C=S) groups is 1. The molecular weight excluding hydrogens is 378 g/mol. The van der Waals surface area contributed by atoms with Crippen LogP contribution in [0.2, 0.25) is 5.02 Å². The number of rotatable bonds is 3. The van der Waals surface area contributed by atoms with Gasteiger partial charge >= 0.3 is 5.97 Å². The topological polar surface area (TPSA) is 53.9 Å². The fourth-order valence-electron chi connectivity index (χ4n) is 2.18. The molecule has 128 valence electrons. The van der Waals surface area contributed by atoms with Crippen molar-refractivity contribution in [2.24, 2.45) is 5.16 Å². The van der Waals surface area contributed by atoms with Crippen LogP contribution in [0.3, 0.4) is 0 Å². The van der Waals surface area contributed by atoms with Crippen LogP contribution in [0.4, 0.5) is 0 Å². The van der Waals surface area contributed by atoms with Gasteiger partial charge in [0.05, 0.1) is 5.56 Å². The smallest absolute Gasteiger partial charge is 0.312 e. The third-order valence-electron chi connectivity index (χ3n) is 3.47. The third kappa shape index (κ3) is 4.38. The van der Waals surface area contributed by atoms with Gasteiger partial charge in [-0.2, -0.15) is 0 Å². The fourth-order valence-corrected chi connectivity index (χ4v) is 3.36. The lowest BCUT2D eigenvalue weighted by Gasteiger charge is -2.33. The van der Waals surface area contributed by atoms with E-state index in [1.807, 2.05) is 37.4 Å². The molecular formula is C17H14ClN3O2S2. The van der Waals surface area contributed by atoms with E-state index in [9.17, 15) is 4.79 Å². The second-order valence-electron chi connectivity index (χ2n) is 5.21. The van der Waals surface area contributed by atoms with E-state index in [1.165, 1.54) is 11.8 Å². The standard InChI is InChI=1S/C17H14ClN3O2S2/c1-21-17(24)25-15(14(19-21)11-5-3-2-4-6-11)20-23-16(22)12-7-9-13(18)10-8-12/h2-10,14,19H,1H3/b20-15-/t14-/m0/s1. The van der Waals surface area contributed by atoms with E-state index in [4.69, 9.17) is 28.7 Å². The summed E-state index contributed by atoms with van der Waals surface area (Å²) < 4.78 is 0.591. The van der Waals surface area contributed by atoms with Crippen molar-refractivity contribution in [3.63, 3.8) is 0 Å². The van der Waals surface area contributed by atoms with Crippen LogP contribution in [-0.4, -0.2) is 27.4 Å². The number of nitrogens with one attached hydrogen (secondary N) is 1. The molecule has 0 saturated carbocycles. The van der Waals surface area contributed by atoms with Crippen molar-refractivity contribution in [3.8, 4) is 0 Å². The van der Waals surface area contributed by atoms with E-state index >= 15 is 0 Å². The molecule has 1 atom stereocenters. The number of nitrogens with zero attached hydrogens (tertiary/aromatic N) is 2. The van der Waals surface area contributed by atoms with Crippen molar-refractivity contribution >= 4 is 50.9 Å². The molecule has 1 N–H and O–H groups in total. The predicted octanol–water partition coefficient (Wildman–Crippen LogP) is 4.02. The summed E-state index contributed by atoms with van der Waals surface area (Å²) in [6, 6.07) is 15.9. The molecule has 3 rings (SSSR count). The molecule has 0 aromatic heterocycles. The number of hydrazine groups is 1. The summed E-state index contributed by atoms with van der Waals surface area (Å²) in [5.41, 5.74) is 4.60. The molecule has 25 heavy (non-hydrogen) atoms. The van der Waals surface area contributed by atoms with E-state index in [0.29, 0.717) is 20.0 Å². The Labute approximate surface area is 159 Å². The molecule has 1 heterocycles. The van der Waals surface area contributed by atoms with E-state index in [1.54, 1.807) is 29.3 Å². The van der Waals surface area contributed by atoms with Gasteiger partial charge in [0.15, 0.2) is 4.32 Å². The Morgan fingerprint density at radius 1 is 1.24 bits per heavy atom.